The van der Waals surface area contributed by atoms with E-state index in [1.165, 1.54) is 12.8 Å². The molecule has 1 saturated heterocycles. The van der Waals surface area contributed by atoms with Gasteiger partial charge in [-0.15, -0.1) is 0 Å². The maximum Gasteiger partial charge on any atom is 0.214 e. The van der Waals surface area contributed by atoms with Gasteiger partial charge in [0.1, 0.15) is 0 Å². The van der Waals surface area contributed by atoms with Gasteiger partial charge in [0.05, 0.1) is 5.75 Å². The second kappa shape index (κ2) is 4.80. The van der Waals surface area contributed by atoms with Crippen LogP contribution in [0.4, 0.5) is 0 Å². The molecule has 1 saturated carbocycles. The van der Waals surface area contributed by atoms with Crippen molar-refractivity contribution < 1.29 is 8.42 Å². The van der Waals surface area contributed by atoms with Gasteiger partial charge < -0.3 is 5.32 Å². The van der Waals surface area contributed by atoms with E-state index >= 15 is 0 Å². The van der Waals surface area contributed by atoms with Gasteiger partial charge in [0.2, 0.25) is 10.0 Å². The van der Waals surface area contributed by atoms with Crippen LogP contribution in [0.1, 0.15) is 32.1 Å². The normalized spacial score (nSPS) is 25.9. The standard InChI is InChI=1S/C10H20N2O2S/c13-15(14)9-3-8-12(15)7-2-1-6-11-10-4-5-10/h10-11H,1-9H2. The van der Waals surface area contributed by atoms with Gasteiger partial charge in [-0.25, -0.2) is 12.7 Å². The molecule has 0 amide bonds. The van der Waals surface area contributed by atoms with Crippen LogP contribution in [-0.4, -0.2) is 44.2 Å². The van der Waals surface area contributed by atoms with E-state index in [0.717, 1.165) is 38.4 Å². The van der Waals surface area contributed by atoms with Crippen molar-refractivity contribution in [3.05, 3.63) is 0 Å². The molecule has 0 radical (unpaired) electrons. The zero-order valence-corrected chi connectivity index (χ0v) is 9.93. The minimum atomic E-state index is -2.87. The van der Waals surface area contributed by atoms with Crippen molar-refractivity contribution >= 4 is 10.0 Å². The van der Waals surface area contributed by atoms with E-state index in [9.17, 15) is 8.42 Å². The van der Waals surface area contributed by atoms with Crippen LogP contribution < -0.4 is 5.32 Å². The fourth-order valence-corrected chi connectivity index (χ4v) is 3.52. The lowest BCUT2D eigenvalue weighted by atomic mass is 10.3. The van der Waals surface area contributed by atoms with E-state index in [2.05, 4.69) is 5.32 Å². The number of rotatable bonds is 6. The van der Waals surface area contributed by atoms with Gasteiger partial charge >= 0.3 is 0 Å². The highest BCUT2D eigenvalue weighted by Gasteiger charge is 2.27. The molecule has 1 aliphatic heterocycles. The topological polar surface area (TPSA) is 49.4 Å². The average molecular weight is 232 g/mol. The van der Waals surface area contributed by atoms with Crippen LogP contribution in [0.2, 0.25) is 0 Å². The molecule has 88 valence electrons. The molecule has 0 atom stereocenters. The Hall–Kier alpha value is -0.130. The van der Waals surface area contributed by atoms with Crippen LogP contribution in [0.3, 0.4) is 0 Å². The van der Waals surface area contributed by atoms with Crippen molar-refractivity contribution in [2.75, 3.05) is 25.4 Å². The van der Waals surface area contributed by atoms with Gasteiger partial charge in [0, 0.05) is 19.1 Å². The lowest BCUT2D eigenvalue weighted by molar-refractivity contribution is 0.426. The first-order valence-corrected chi connectivity index (χ1v) is 7.50. The summed E-state index contributed by atoms with van der Waals surface area (Å²) < 4.78 is 24.6. The monoisotopic (exact) mass is 232 g/mol. The molecule has 2 aliphatic rings. The van der Waals surface area contributed by atoms with Gasteiger partial charge in [0.15, 0.2) is 0 Å². The van der Waals surface area contributed by atoms with Crippen molar-refractivity contribution in [1.29, 1.82) is 0 Å². The molecule has 0 spiro atoms. The molecular weight excluding hydrogens is 212 g/mol. The molecule has 15 heavy (non-hydrogen) atoms. The first-order chi connectivity index (χ1) is 7.18. The summed E-state index contributed by atoms with van der Waals surface area (Å²) in [6.07, 6.45) is 5.52. The van der Waals surface area contributed by atoms with Crippen LogP contribution >= 0.6 is 0 Å². The fourth-order valence-electron chi connectivity index (χ4n) is 1.95. The highest BCUT2D eigenvalue weighted by molar-refractivity contribution is 7.89. The second-order valence-corrected chi connectivity index (χ2v) is 6.59. The molecule has 4 nitrogen and oxygen atoms in total. The first-order valence-electron chi connectivity index (χ1n) is 5.90. The predicted molar refractivity (Wildman–Crippen MR) is 60.2 cm³/mol. The molecule has 0 aromatic heterocycles. The molecule has 2 rings (SSSR count). The third kappa shape index (κ3) is 3.43. The van der Waals surface area contributed by atoms with Gasteiger partial charge in [-0.2, -0.15) is 0 Å². The van der Waals surface area contributed by atoms with E-state index in [-0.39, 0.29) is 0 Å². The number of nitrogens with one attached hydrogen (secondary N) is 1. The Kier molecular flexibility index (Phi) is 3.64. The van der Waals surface area contributed by atoms with Crippen LogP contribution in [0.5, 0.6) is 0 Å². The molecular formula is C10H20N2O2S. The largest absolute Gasteiger partial charge is 0.314 e. The Morgan fingerprint density at radius 3 is 2.67 bits per heavy atom. The van der Waals surface area contributed by atoms with E-state index in [0.29, 0.717) is 12.3 Å². The zero-order valence-electron chi connectivity index (χ0n) is 9.11. The minimum Gasteiger partial charge on any atom is -0.314 e. The number of hydrogen-bond donors (Lipinski definition) is 1. The summed E-state index contributed by atoms with van der Waals surface area (Å²) in [5.74, 6) is 0.354. The Morgan fingerprint density at radius 2 is 2.07 bits per heavy atom. The van der Waals surface area contributed by atoms with Gasteiger partial charge in [-0.3, -0.25) is 0 Å². The first kappa shape index (κ1) is 11.4. The smallest absolute Gasteiger partial charge is 0.214 e. The maximum absolute atomic E-state index is 11.5. The molecule has 0 aromatic carbocycles. The van der Waals surface area contributed by atoms with Crippen LogP contribution in [0, 0.1) is 0 Å². The number of sulfonamides is 1. The molecule has 0 unspecified atom stereocenters. The highest BCUT2D eigenvalue weighted by atomic mass is 32.2. The van der Waals surface area contributed by atoms with Gasteiger partial charge in [0.25, 0.3) is 0 Å². The summed E-state index contributed by atoms with van der Waals surface area (Å²) in [6, 6.07) is 0.764. The highest BCUT2D eigenvalue weighted by Crippen LogP contribution is 2.18. The quantitative estimate of drug-likeness (QED) is 0.681. The fraction of sp³-hybridized carbons (Fsp3) is 1.00. The average Bonchev–Trinajstić information content (AvgIpc) is 2.92. The van der Waals surface area contributed by atoms with E-state index in [1.54, 1.807) is 4.31 Å². The Labute approximate surface area is 92.1 Å². The Morgan fingerprint density at radius 1 is 1.27 bits per heavy atom. The van der Waals surface area contributed by atoms with Crippen LogP contribution in [-0.2, 0) is 10.0 Å². The lowest BCUT2D eigenvalue weighted by Gasteiger charge is -2.13. The van der Waals surface area contributed by atoms with Gasteiger partial charge in [-0.1, -0.05) is 0 Å². The Bertz CT molecular complexity index is 299. The molecule has 1 heterocycles. The summed E-state index contributed by atoms with van der Waals surface area (Å²) in [5, 5.41) is 3.43. The summed E-state index contributed by atoms with van der Waals surface area (Å²) in [7, 11) is -2.87. The lowest BCUT2D eigenvalue weighted by Crippen LogP contribution is -2.27. The molecule has 1 aliphatic carbocycles. The maximum atomic E-state index is 11.5. The molecule has 2 fully saturated rings. The second-order valence-electron chi connectivity index (χ2n) is 4.50. The van der Waals surface area contributed by atoms with Crippen molar-refractivity contribution in [3.63, 3.8) is 0 Å². The van der Waals surface area contributed by atoms with Gasteiger partial charge in [-0.05, 0) is 38.6 Å². The number of unbranched alkanes of at least 4 members (excludes halogenated alkanes) is 1. The number of nitrogens with zero attached hydrogens (tertiary/aromatic N) is 1. The van der Waals surface area contributed by atoms with Crippen molar-refractivity contribution in [1.82, 2.24) is 9.62 Å². The SMILES string of the molecule is O=S1(=O)CCCN1CCCCNC1CC1. The summed E-state index contributed by atoms with van der Waals surface area (Å²) in [6.45, 7) is 2.49. The van der Waals surface area contributed by atoms with Crippen LogP contribution in [0.25, 0.3) is 0 Å². The Balaban J connectivity index is 1.56. The van der Waals surface area contributed by atoms with Crippen LogP contribution in [0.15, 0.2) is 0 Å². The van der Waals surface area contributed by atoms with Crippen molar-refractivity contribution in [3.8, 4) is 0 Å². The third-order valence-electron chi connectivity index (χ3n) is 3.05. The summed E-state index contributed by atoms with van der Waals surface area (Å²) in [5.41, 5.74) is 0. The van der Waals surface area contributed by atoms with E-state index in [1.807, 2.05) is 0 Å². The molecule has 0 bridgehead atoms. The van der Waals surface area contributed by atoms with E-state index in [4.69, 9.17) is 0 Å². The van der Waals surface area contributed by atoms with Crippen molar-refractivity contribution in [2.45, 2.75) is 38.1 Å². The molecule has 1 N–H and O–H groups in total. The summed E-state index contributed by atoms with van der Waals surface area (Å²) in [4.78, 5) is 0. The molecule has 5 heteroatoms. The molecule has 0 aromatic rings. The predicted octanol–water partition coefficient (Wildman–Crippen LogP) is 0.554. The van der Waals surface area contributed by atoms with E-state index < -0.39 is 10.0 Å². The minimum absolute atomic E-state index is 0.354. The zero-order chi connectivity index (χ0) is 10.7. The van der Waals surface area contributed by atoms with Crippen molar-refractivity contribution in [2.24, 2.45) is 0 Å². The third-order valence-corrected chi connectivity index (χ3v) is 5.00. The number of hydrogen-bond acceptors (Lipinski definition) is 3. The summed E-state index contributed by atoms with van der Waals surface area (Å²) >= 11 is 0.